The lowest BCUT2D eigenvalue weighted by Crippen LogP contribution is -2.17. The predicted octanol–water partition coefficient (Wildman–Crippen LogP) is 2.11. The smallest absolute Gasteiger partial charge is 0.305 e. The largest absolute Gasteiger partial charge is 0.489 e. The van der Waals surface area contributed by atoms with E-state index in [1.165, 1.54) is 6.07 Å². The number of aliphatic carboxylic acids is 1. The fraction of sp³-hybridized carbons (Fsp3) is 0.417. The van der Waals surface area contributed by atoms with Crippen LogP contribution in [0.2, 0.25) is 5.02 Å². The molecule has 3 N–H and O–H groups in total. The average molecular weight is 290 g/mol. The Morgan fingerprint density at radius 1 is 1.53 bits per heavy atom. The van der Waals surface area contributed by atoms with E-state index in [-0.39, 0.29) is 16.3 Å². The second-order valence-corrected chi connectivity index (χ2v) is 4.55. The maximum absolute atomic E-state index is 14.1. The van der Waals surface area contributed by atoms with Gasteiger partial charge in [0.2, 0.25) is 0 Å². The Hall–Kier alpha value is -1.53. The lowest BCUT2D eigenvalue weighted by molar-refractivity contribution is -0.137. The number of rotatable bonds is 3. The van der Waals surface area contributed by atoms with Crippen molar-refractivity contribution >= 4 is 17.6 Å². The van der Waals surface area contributed by atoms with Gasteiger partial charge in [0.15, 0.2) is 17.3 Å². The maximum atomic E-state index is 14.1. The van der Waals surface area contributed by atoms with Gasteiger partial charge >= 0.3 is 5.97 Å². The molecule has 0 spiro atoms. The molecule has 0 aromatic heterocycles. The number of ether oxygens (including phenoxy) is 2. The quantitative estimate of drug-likeness (QED) is 0.890. The van der Waals surface area contributed by atoms with Gasteiger partial charge in [-0.15, -0.1) is 0 Å². The summed E-state index contributed by atoms with van der Waals surface area (Å²) in [6.07, 6.45) is 0.260. The van der Waals surface area contributed by atoms with Crippen molar-refractivity contribution < 1.29 is 23.8 Å². The van der Waals surface area contributed by atoms with Crippen LogP contribution < -0.4 is 15.2 Å². The minimum absolute atomic E-state index is 0.0108. The summed E-state index contributed by atoms with van der Waals surface area (Å²) >= 11 is 5.89. The van der Waals surface area contributed by atoms with E-state index in [0.717, 1.165) is 0 Å². The van der Waals surface area contributed by atoms with Crippen LogP contribution in [0.5, 0.6) is 11.5 Å². The summed E-state index contributed by atoms with van der Waals surface area (Å²) in [7, 11) is 0. The van der Waals surface area contributed by atoms with Gasteiger partial charge in [-0.25, -0.2) is 4.39 Å². The number of carboxylic acids is 1. The molecule has 0 amide bonds. The summed E-state index contributed by atoms with van der Waals surface area (Å²) in [6.45, 7) is 0.801. The van der Waals surface area contributed by atoms with E-state index >= 15 is 0 Å². The molecule has 104 valence electrons. The summed E-state index contributed by atoms with van der Waals surface area (Å²) in [6, 6.07) is 0.363. The van der Waals surface area contributed by atoms with Gasteiger partial charge in [-0.2, -0.15) is 0 Å². The number of fused-ring (bicyclic) bond motifs is 1. The van der Waals surface area contributed by atoms with Crippen LogP contribution in [-0.2, 0) is 4.79 Å². The molecule has 0 saturated heterocycles. The Balaban J connectivity index is 2.43. The van der Waals surface area contributed by atoms with Crippen LogP contribution >= 0.6 is 11.6 Å². The fourth-order valence-electron chi connectivity index (χ4n) is 1.83. The van der Waals surface area contributed by atoms with E-state index < -0.39 is 24.2 Å². The molecular formula is C12H13ClFNO4. The Bertz CT molecular complexity index is 509. The molecule has 1 unspecified atom stereocenters. The van der Waals surface area contributed by atoms with E-state index in [1.807, 2.05) is 0 Å². The zero-order valence-electron chi connectivity index (χ0n) is 9.99. The molecule has 0 radical (unpaired) electrons. The number of nitrogens with two attached hydrogens (primary N) is 1. The standard InChI is InChI=1S/C12H13ClFNO4/c13-10-11(14)6(7(15)5-9(16)17)4-8-12(10)19-3-1-2-18-8/h4,7H,1-3,5,15H2,(H,16,17). The molecule has 1 aromatic carbocycles. The molecule has 5 nitrogen and oxygen atoms in total. The molecule has 0 fully saturated rings. The number of halogens is 2. The van der Waals surface area contributed by atoms with Gasteiger partial charge in [-0.05, 0) is 6.07 Å². The fourth-order valence-corrected chi connectivity index (χ4v) is 2.09. The zero-order chi connectivity index (χ0) is 14.0. The van der Waals surface area contributed by atoms with Crippen molar-refractivity contribution in [1.29, 1.82) is 0 Å². The molecule has 1 heterocycles. The zero-order valence-corrected chi connectivity index (χ0v) is 10.7. The van der Waals surface area contributed by atoms with Crippen LogP contribution in [0.4, 0.5) is 4.39 Å². The number of hydrogen-bond acceptors (Lipinski definition) is 4. The molecule has 0 aliphatic carbocycles. The van der Waals surface area contributed by atoms with E-state index in [9.17, 15) is 9.18 Å². The van der Waals surface area contributed by atoms with Gasteiger partial charge in [-0.3, -0.25) is 4.79 Å². The predicted molar refractivity (Wildman–Crippen MR) is 66.2 cm³/mol. The van der Waals surface area contributed by atoms with Gasteiger partial charge in [-0.1, -0.05) is 11.6 Å². The van der Waals surface area contributed by atoms with Crippen molar-refractivity contribution in [1.82, 2.24) is 0 Å². The molecule has 1 atom stereocenters. The molecule has 1 aliphatic heterocycles. The number of carboxylic acid groups (broad SMARTS) is 1. The van der Waals surface area contributed by atoms with Crippen molar-refractivity contribution in [3.8, 4) is 11.5 Å². The summed E-state index contributed by atoms with van der Waals surface area (Å²) in [4.78, 5) is 10.6. The summed E-state index contributed by atoms with van der Waals surface area (Å²) < 4.78 is 24.8. The van der Waals surface area contributed by atoms with Gasteiger partial charge in [0.1, 0.15) is 5.02 Å². The highest BCUT2D eigenvalue weighted by Crippen LogP contribution is 2.41. The SMILES string of the molecule is NC(CC(=O)O)c1cc2c(c(Cl)c1F)OCCCO2. The van der Waals surface area contributed by atoms with E-state index in [0.29, 0.717) is 25.4 Å². The summed E-state index contributed by atoms with van der Waals surface area (Å²) in [5.74, 6) is -1.45. The number of hydrogen-bond donors (Lipinski definition) is 2. The molecule has 7 heteroatoms. The molecule has 2 rings (SSSR count). The first-order valence-electron chi connectivity index (χ1n) is 5.75. The summed E-state index contributed by atoms with van der Waals surface area (Å²) in [5, 5.41) is 8.47. The van der Waals surface area contributed by atoms with Crippen molar-refractivity contribution in [2.75, 3.05) is 13.2 Å². The third-order valence-electron chi connectivity index (χ3n) is 2.74. The first-order chi connectivity index (χ1) is 9.00. The van der Waals surface area contributed by atoms with E-state index in [2.05, 4.69) is 0 Å². The monoisotopic (exact) mass is 289 g/mol. The van der Waals surface area contributed by atoms with Gasteiger partial charge in [0.05, 0.1) is 19.6 Å². The van der Waals surface area contributed by atoms with Crippen LogP contribution in [0.25, 0.3) is 0 Å². The van der Waals surface area contributed by atoms with E-state index in [4.69, 9.17) is 31.9 Å². The highest BCUT2D eigenvalue weighted by Gasteiger charge is 2.25. The first-order valence-corrected chi connectivity index (χ1v) is 6.13. The van der Waals surface area contributed by atoms with Gasteiger partial charge in [0, 0.05) is 18.0 Å². The van der Waals surface area contributed by atoms with Crippen LogP contribution in [0.15, 0.2) is 6.07 Å². The van der Waals surface area contributed by atoms with Crippen molar-refractivity contribution in [3.63, 3.8) is 0 Å². The highest BCUT2D eigenvalue weighted by atomic mass is 35.5. The second kappa shape index (κ2) is 5.63. The number of carbonyl (C=O) groups is 1. The molecular weight excluding hydrogens is 277 g/mol. The third-order valence-corrected chi connectivity index (χ3v) is 3.08. The lowest BCUT2D eigenvalue weighted by Gasteiger charge is -2.16. The molecule has 1 aromatic rings. The minimum atomic E-state index is -1.12. The second-order valence-electron chi connectivity index (χ2n) is 4.18. The van der Waals surface area contributed by atoms with Gasteiger partial charge in [0.25, 0.3) is 0 Å². The maximum Gasteiger partial charge on any atom is 0.305 e. The first kappa shape index (κ1) is 13.9. The topological polar surface area (TPSA) is 81.8 Å². The molecule has 1 aliphatic rings. The van der Waals surface area contributed by atoms with Crippen molar-refractivity contribution in [2.24, 2.45) is 5.73 Å². The van der Waals surface area contributed by atoms with Gasteiger partial charge < -0.3 is 20.3 Å². The Morgan fingerprint density at radius 2 is 2.21 bits per heavy atom. The number of benzene rings is 1. The average Bonchev–Trinajstić information content (AvgIpc) is 2.58. The molecule has 0 saturated carbocycles. The molecule has 0 bridgehead atoms. The van der Waals surface area contributed by atoms with Crippen molar-refractivity contribution in [2.45, 2.75) is 18.9 Å². The normalized spacial score (nSPS) is 15.7. The Kier molecular flexibility index (Phi) is 4.11. The molecule has 19 heavy (non-hydrogen) atoms. The third kappa shape index (κ3) is 2.90. The Labute approximate surface area is 114 Å². The van der Waals surface area contributed by atoms with Crippen LogP contribution in [0, 0.1) is 5.82 Å². The minimum Gasteiger partial charge on any atom is -0.489 e. The van der Waals surface area contributed by atoms with Crippen LogP contribution in [-0.4, -0.2) is 24.3 Å². The van der Waals surface area contributed by atoms with Crippen LogP contribution in [0.1, 0.15) is 24.4 Å². The summed E-state index contributed by atoms with van der Waals surface area (Å²) in [5.41, 5.74) is 5.67. The van der Waals surface area contributed by atoms with Crippen LogP contribution in [0.3, 0.4) is 0 Å². The van der Waals surface area contributed by atoms with Crippen molar-refractivity contribution in [3.05, 3.63) is 22.5 Å². The van der Waals surface area contributed by atoms with E-state index in [1.54, 1.807) is 0 Å². The highest BCUT2D eigenvalue weighted by molar-refractivity contribution is 6.32. The Morgan fingerprint density at radius 3 is 2.89 bits per heavy atom. The lowest BCUT2D eigenvalue weighted by atomic mass is 10.0.